The number of non-ortho nitro benzene ring substituents is 1. The van der Waals surface area contributed by atoms with Gasteiger partial charge in [0.15, 0.2) is 0 Å². The number of halogens is 3. The van der Waals surface area contributed by atoms with Crippen molar-refractivity contribution in [3.8, 4) is 11.8 Å². The summed E-state index contributed by atoms with van der Waals surface area (Å²) in [4.78, 5) is 22.8. The monoisotopic (exact) mass is 545 g/mol. The van der Waals surface area contributed by atoms with E-state index in [1.54, 1.807) is 48.5 Å². The Morgan fingerprint density at radius 2 is 1.91 bits per heavy atom. The Balaban J connectivity index is 1.70. The molecule has 10 heteroatoms. The van der Waals surface area contributed by atoms with Gasteiger partial charge in [0.25, 0.3) is 11.6 Å². The lowest BCUT2D eigenvalue weighted by atomic mass is 10.1. The van der Waals surface area contributed by atoms with Crippen LogP contribution in [0.4, 0.5) is 11.4 Å². The van der Waals surface area contributed by atoms with Crippen molar-refractivity contribution >= 4 is 62.5 Å². The molecule has 3 aromatic rings. The number of ether oxygens (including phenoxy) is 1. The summed E-state index contributed by atoms with van der Waals surface area (Å²) >= 11 is 15.4. The Kier molecular flexibility index (Phi) is 8.06. The Morgan fingerprint density at radius 3 is 2.55 bits per heavy atom. The normalized spacial score (nSPS) is 10.9. The molecule has 0 spiro atoms. The van der Waals surface area contributed by atoms with Gasteiger partial charge in [-0.1, -0.05) is 35.3 Å². The highest BCUT2D eigenvalue weighted by Crippen LogP contribution is 2.30. The predicted octanol–water partition coefficient (Wildman–Crippen LogP) is 6.79. The molecule has 7 nitrogen and oxygen atoms in total. The third kappa shape index (κ3) is 6.33. The molecule has 166 valence electrons. The second-order valence-electron chi connectivity index (χ2n) is 6.63. The van der Waals surface area contributed by atoms with Crippen molar-refractivity contribution in [2.75, 3.05) is 5.32 Å². The molecule has 3 aromatic carbocycles. The van der Waals surface area contributed by atoms with Crippen LogP contribution in [0, 0.1) is 21.4 Å². The fourth-order valence-electron chi connectivity index (χ4n) is 2.70. The number of benzene rings is 3. The molecule has 0 bridgehead atoms. The number of hydrogen-bond acceptors (Lipinski definition) is 5. The summed E-state index contributed by atoms with van der Waals surface area (Å²) in [5, 5.41) is 23.2. The number of nitrogens with one attached hydrogen (secondary N) is 1. The maximum absolute atomic E-state index is 12.5. The van der Waals surface area contributed by atoms with Gasteiger partial charge in [-0.15, -0.1) is 0 Å². The second kappa shape index (κ2) is 11.0. The van der Waals surface area contributed by atoms with Crippen LogP contribution in [0.15, 0.2) is 70.7 Å². The zero-order chi connectivity index (χ0) is 24.0. The van der Waals surface area contributed by atoms with E-state index in [9.17, 15) is 20.2 Å². The van der Waals surface area contributed by atoms with Crippen molar-refractivity contribution in [2.24, 2.45) is 0 Å². The van der Waals surface area contributed by atoms with E-state index in [4.69, 9.17) is 27.9 Å². The van der Waals surface area contributed by atoms with Crippen LogP contribution in [0.5, 0.6) is 5.75 Å². The number of amides is 1. The molecule has 1 N–H and O–H groups in total. The molecule has 0 radical (unpaired) electrons. The lowest BCUT2D eigenvalue weighted by Crippen LogP contribution is -2.13. The van der Waals surface area contributed by atoms with E-state index in [0.29, 0.717) is 21.5 Å². The number of nitrogens with zero attached hydrogens (tertiary/aromatic N) is 2. The van der Waals surface area contributed by atoms with Crippen molar-refractivity contribution in [2.45, 2.75) is 6.61 Å². The van der Waals surface area contributed by atoms with Gasteiger partial charge in [0.2, 0.25) is 0 Å². The highest BCUT2D eigenvalue weighted by atomic mass is 79.9. The van der Waals surface area contributed by atoms with Crippen LogP contribution in [-0.2, 0) is 11.4 Å². The molecule has 0 atom stereocenters. The number of nitro benzene ring substituents is 1. The van der Waals surface area contributed by atoms with Gasteiger partial charge < -0.3 is 10.1 Å². The first-order valence-electron chi connectivity index (χ1n) is 9.31. The summed E-state index contributed by atoms with van der Waals surface area (Å²) in [7, 11) is 0. The molecule has 1 amide bonds. The van der Waals surface area contributed by atoms with Crippen LogP contribution >= 0.6 is 39.1 Å². The third-order valence-corrected chi connectivity index (χ3v) is 5.81. The van der Waals surface area contributed by atoms with E-state index >= 15 is 0 Å². The van der Waals surface area contributed by atoms with E-state index in [2.05, 4.69) is 21.2 Å². The van der Waals surface area contributed by atoms with Crippen LogP contribution in [0.1, 0.15) is 11.1 Å². The molecule has 0 aliphatic rings. The minimum absolute atomic E-state index is 0.00559. The van der Waals surface area contributed by atoms with E-state index in [1.165, 1.54) is 18.2 Å². The quantitative estimate of drug-likeness (QED) is 0.152. The summed E-state index contributed by atoms with van der Waals surface area (Å²) in [6, 6.07) is 17.8. The number of anilines is 1. The second-order valence-corrected chi connectivity index (χ2v) is 8.27. The number of carbonyl (C=O) groups is 1. The van der Waals surface area contributed by atoms with Gasteiger partial charge in [0, 0.05) is 12.1 Å². The number of nitriles is 1. The molecule has 0 heterocycles. The summed E-state index contributed by atoms with van der Waals surface area (Å²) < 4.78 is 6.36. The van der Waals surface area contributed by atoms with E-state index in [-0.39, 0.29) is 27.9 Å². The number of hydrogen-bond donors (Lipinski definition) is 1. The molecule has 0 unspecified atom stereocenters. The molecular formula is C23H14BrCl2N3O4. The lowest BCUT2D eigenvalue weighted by Gasteiger charge is -2.10. The molecule has 0 aliphatic heterocycles. The minimum atomic E-state index is -0.628. The van der Waals surface area contributed by atoms with E-state index in [1.807, 2.05) is 6.07 Å². The lowest BCUT2D eigenvalue weighted by molar-refractivity contribution is -0.384. The molecule has 0 saturated carbocycles. The first-order chi connectivity index (χ1) is 15.8. The number of carbonyl (C=O) groups excluding carboxylic acids is 1. The molecule has 0 fully saturated rings. The zero-order valence-electron chi connectivity index (χ0n) is 16.7. The van der Waals surface area contributed by atoms with Gasteiger partial charge in [-0.2, -0.15) is 5.26 Å². The van der Waals surface area contributed by atoms with Crippen molar-refractivity contribution in [1.82, 2.24) is 0 Å². The van der Waals surface area contributed by atoms with Gasteiger partial charge in [0.05, 0.1) is 25.1 Å². The summed E-state index contributed by atoms with van der Waals surface area (Å²) in [5.74, 6) is -0.101. The molecule has 0 aromatic heterocycles. The maximum atomic E-state index is 12.5. The smallest absolute Gasteiger partial charge is 0.269 e. The Bertz CT molecular complexity index is 1290. The van der Waals surface area contributed by atoms with Crippen molar-refractivity contribution in [1.29, 1.82) is 5.26 Å². The number of nitro groups is 1. The average molecular weight is 547 g/mol. The Labute approximate surface area is 207 Å². The van der Waals surface area contributed by atoms with Crippen LogP contribution in [0.25, 0.3) is 6.08 Å². The third-order valence-electron chi connectivity index (χ3n) is 4.37. The summed E-state index contributed by atoms with van der Waals surface area (Å²) in [6.07, 6.45) is 1.43. The average Bonchev–Trinajstić information content (AvgIpc) is 2.80. The van der Waals surface area contributed by atoms with Gasteiger partial charge in [-0.25, -0.2) is 0 Å². The van der Waals surface area contributed by atoms with Crippen LogP contribution in [-0.4, -0.2) is 10.8 Å². The first kappa shape index (κ1) is 24.3. The molecule has 3 rings (SSSR count). The molecule has 33 heavy (non-hydrogen) atoms. The Morgan fingerprint density at radius 1 is 1.18 bits per heavy atom. The van der Waals surface area contributed by atoms with Crippen LogP contribution < -0.4 is 10.1 Å². The fraction of sp³-hybridized carbons (Fsp3) is 0.0435. The highest BCUT2D eigenvalue weighted by molar-refractivity contribution is 9.10. The molecular weight excluding hydrogens is 533 g/mol. The number of rotatable bonds is 7. The first-order valence-corrected chi connectivity index (χ1v) is 10.9. The zero-order valence-corrected chi connectivity index (χ0v) is 19.8. The SMILES string of the molecule is N#C/C(=C/c1ccc(OCc2ccc([N+](=O)[O-])cc2)c(Br)c1)C(=O)Nc1cccc(Cl)c1Cl. The van der Waals surface area contributed by atoms with Crippen molar-refractivity contribution in [3.05, 3.63) is 102 Å². The fourth-order valence-corrected chi connectivity index (χ4v) is 3.56. The predicted molar refractivity (Wildman–Crippen MR) is 130 cm³/mol. The van der Waals surface area contributed by atoms with Crippen LogP contribution in [0.3, 0.4) is 0 Å². The topological polar surface area (TPSA) is 105 Å². The van der Waals surface area contributed by atoms with Crippen LogP contribution in [0.2, 0.25) is 10.0 Å². The largest absolute Gasteiger partial charge is 0.488 e. The van der Waals surface area contributed by atoms with E-state index in [0.717, 1.165) is 5.56 Å². The Hall–Kier alpha value is -3.38. The van der Waals surface area contributed by atoms with Gasteiger partial charge >= 0.3 is 0 Å². The van der Waals surface area contributed by atoms with Gasteiger partial charge in [-0.3, -0.25) is 14.9 Å². The maximum Gasteiger partial charge on any atom is 0.269 e. The highest BCUT2D eigenvalue weighted by Gasteiger charge is 2.13. The molecule has 0 saturated heterocycles. The standard InChI is InChI=1S/C23H14BrCl2N3O4/c24-18-11-15(6-9-21(18)33-13-14-4-7-17(8-5-14)29(31)32)10-16(12-27)23(30)28-20-3-1-2-19(25)22(20)26/h1-11H,13H2,(H,28,30)/b16-10-. The van der Waals surface area contributed by atoms with E-state index < -0.39 is 10.8 Å². The summed E-state index contributed by atoms with van der Waals surface area (Å²) in [6.45, 7) is 0.206. The van der Waals surface area contributed by atoms with Gasteiger partial charge in [0.1, 0.15) is 24.0 Å². The molecule has 0 aliphatic carbocycles. The summed E-state index contributed by atoms with van der Waals surface area (Å²) in [5.41, 5.74) is 1.53. The van der Waals surface area contributed by atoms with Gasteiger partial charge in [-0.05, 0) is 69.5 Å². The van der Waals surface area contributed by atoms with Crippen molar-refractivity contribution < 1.29 is 14.5 Å². The minimum Gasteiger partial charge on any atom is -0.488 e. The van der Waals surface area contributed by atoms with Crippen molar-refractivity contribution in [3.63, 3.8) is 0 Å².